The number of carbonyl (C=O) groups excluding carboxylic acids is 1. The van der Waals surface area contributed by atoms with E-state index in [9.17, 15) is 14.3 Å². The van der Waals surface area contributed by atoms with Crippen LogP contribution in [-0.2, 0) is 9.53 Å². The summed E-state index contributed by atoms with van der Waals surface area (Å²) in [6.45, 7) is 0.429. The number of benzene rings is 1. The maximum absolute atomic E-state index is 13.4. The van der Waals surface area contributed by atoms with Crippen LogP contribution in [0.4, 0.5) is 4.39 Å². The molecule has 0 aliphatic heterocycles. The number of rotatable bonds is 8. The van der Waals surface area contributed by atoms with Gasteiger partial charge in [-0.25, -0.2) is 4.39 Å². The second-order valence-electron chi connectivity index (χ2n) is 4.41. The Morgan fingerprint density at radius 1 is 1.50 bits per heavy atom. The third-order valence-electron chi connectivity index (χ3n) is 2.68. The lowest BCUT2D eigenvalue weighted by molar-refractivity contribution is -0.131. The van der Waals surface area contributed by atoms with E-state index in [4.69, 9.17) is 4.74 Å². The number of likely N-dealkylation sites (N-methyl/N-ethyl adjacent to an activating group) is 1. The molecule has 0 radical (unpaired) electrons. The van der Waals surface area contributed by atoms with Gasteiger partial charge in [0.15, 0.2) is 0 Å². The minimum Gasteiger partial charge on any atom is -0.389 e. The fourth-order valence-electron chi connectivity index (χ4n) is 1.66. The fraction of sp³-hybridized carbons (Fsp3) is 0.500. The molecular weight excluding hydrogens is 281 g/mol. The molecule has 0 saturated carbocycles. The first-order valence-electron chi connectivity index (χ1n) is 6.33. The summed E-state index contributed by atoms with van der Waals surface area (Å²) >= 11 is 1.31. The molecule has 0 spiro atoms. The zero-order valence-corrected chi connectivity index (χ0v) is 12.5. The first kappa shape index (κ1) is 16.9. The Bertz CT molecular complexity index is 431. The Balaban J connectivity index is 2.31. The Morgan fingerprint density at radius 3 is 2.85 bits per heavy atom. The van der Waals surface area contributed by atoms with Crippen molar-refractivity contribution >= 4 is 17.7 Å². The number of methoxy groups -OCH3 is 1. The van der Waals surface area contributed by atoms with Crippen LogP contribution >= 0.6 is 11.8 Å². The standard InChI is InChI=1S/C14H20FNO3S/c1-16(9-11(17)10-19-2)14(18)7-8-20-13-6-4-3-5-12(13)15/h3-6,11,17H,7-10H2,1-2H3. The molecule has 0 saturated heterocycles. The highest BCUT2D eigenvalue weighted by Crippen LogP contribution is 2.21. The lowest BCUT2D eigenvalue weighted by Gasteiger charge is -2.20. The third kappa shape index (κ3) is 5.90. The molecule has 1 aromatic rings. The molecule has 1 amide bonds. The van der Waals surface area contributed by atoms with Crippen LogP contribution in [0.15, 0.2) is 29.2 Å². The molecule has 1 rings (SSSR count). The van der Waals surface area contributed by atoms with Crippen molar-refractivity contribution in [3.63, 3.8) is 0 Å². The van der Waals surface area contributed by atoms with E-state index in [-0.39, 0.29) is 24.9 Å². The quantitative estimate of drug-likeness (QED) is 0.744. The van der Waals surface area contributed by atoms with E-state index in [1.165, 1.54) is 29.8 Å². The van der Waals surface area contributed by atoms with E-state index in [1.54, 1.807) is 25.2 Å². The average molecular weight is 301 g/mol. The molecule has 1 atom stereocenters. The lowest BCUT2D eigenvalue weighted by Crippen LogP contribution is -2.36. The Hall–Kier alpha value is -1.11. The maximum Gasteiger partial charge on any atom is 0.223 e. The van der Waals surface area contributed by atoms with Crippen molar-refractivity contribution in [2.75, 3.05) is 33.1 Å². The van der Waals surface area contributed by atoms with Gasteiger partial charge in [-0.05, 0) is 12.1 Å². The summed E-state index contributed by atoms with van der Waals surface area (Å²) in [5.74, 6) is 0.155. The summed E-state index contributed by atoms with van der Waals surface area (Å²) < 4.78 is 18.2. The third-order valence-corrected chi connectivity index (χ3v) is 3.73. The van der Waals surface area contributed by atoms with Crippen LogP contribution in [0, 0.1) is 5.82 Å². The Labute approximate surface area is 122 Å². The van der Waals surface area contributed by atoms with Gasteiger partial charge in [0.25, 0.3) is 0 Å². The van der Waals surface area contributed by atoms with Gasteiger partial charge in [-0.3, -0.25) is 4.79 Å². The predicted octanol–water partition coefficient (Wildman–Crippen LogP) is 1.77. The van der Waals surface area contributed by atoms with E-state index < -0.39 is 6.10 Å². The van der Waals surface area contributed by atoms with Crippen molar-refractivity contribution in [1.29, 1.82) is 0 Å². The zero-order valence-electron chi connectivity index (χ0n) is 11.7. The molecule has 0 fully saturated rings. The molecule has 1 aromatic carbocycles. The molecule has 1 unspecified atom stereocenters. The summed E-state index contributed by atoms with van der Waals surface area (Å²) in [5.41, 5.74) is 0. The van der Waals surface area contributed by atoms with E-state index in [1.807, 2.05) is 0 Å². The number of amides is 1. The number of aliphatic hydroxyl groups excluding tert-OH is 1. The molecule has 20 heavy (non-hydrogen) atoms. The smallest absolute Gasteiger partial charge is 0.223 e. The molecule has 0 bridgehead atoms. The van der Waals surface area contributed by atoms with Crippen LogP contribution < -0.4 is 0 Å². The van der Waals surface area contributed by atoms with Crippen LogP contribution in [0.25, 0.3) is 0 Å². The minimum absolute atomic E-state index is 0.0796. The highest BCUT2D eigenvalue weighted by atomic mass is 32.2. The summed E-state index contributed by atoms with van der Waals surface area (Å²) in [7, 11) is 3.13. The molecule has 0 aliphatic rings. The molecule has 0 aromatic heterocycles. The van der Waals surface area contributed by atoms with Crippen LogP contribution in [0.5, 0.6) is 0 Å². The van der Waals surface area contributed by atoms with Crippen molar-refractivity contribution in [3.8, 4) is 0 Å². The summed E-state index contributed by atoms with van der Waals surface area (Å²) in [5, 5.41) is 9.53. The number of halogens is 1. The van der Waals surface area contributed by atoms with Crippen LogP contribution in [0.3, 0.4) is 0 Å². The highest BCUT2D eigenvalue weighted by molar-refractivity contribution is 7.99. The number of aliphatic hydroxyl groups is 1. The predicted molar refractivity (Wildman–Crippen MR) is 77.3 cm³/mol. The van der Waals surface area contributed by atoms with Gasteiger partial charge in [0.2, 0.25) is 5.91 Å². The molecule has 4 nitrogen and oxygen atoms in total. The average Bonchev–Trinajstić information content (AvgIpc) is 2.41. The summed E-state index contributed by atoms with van der Waals surface area (Å²) in [4.78, 5) is 13.8. The van der Waals surface area contributed by atoms with Crippen molar-refractivity contribution in [2.45, 2.75) is 17.4 Å². The molecule has 0 heterocycles. The largest absolute Gasteiger partial charge is 0.389 e. The normalized spacial score (nSPS) is 12.2. The van der Waals surface area contributed by atoms with Gasteiger partial charge < -0.3 is 14.7 Å². The molecular formula is C14H20FNO3S. The zero-order chi connectivity index (χ0) is 15.0. The number of hydrogen-bond donors (Lipinski definition) is 1. The molecule has 1 N–H and O–H groups in total. The first-order valence-corrected chi connectivity index (χ1v) is 7.31. The lowest BCUT2D eigenvalue weighted by atomic mass is 10.3. The van der Waals surface area contributed by atoms with Crippen molar-refractivity contribution in [3.05, 3.63) is 30.1 Å². The van der Waals surface area contributed by atoms with E-state index >= 15 is 0 Å². The number of nitrogens with zero attached hydrogens (tertiary/aromatic N) is 1. The number of hydrogen-bond acceptors (Lipinski definition) is 4. The fourth-order valence-corrected chi connectivity index (χ4v) is 2.54. The second-order valence-corrected chi connectivity index (χ2v) is 5.55. The molecule has 112 valence electrons. The number of carbonyl (C=O) groups is 1. The van der Waals surface area contributed by atoms with E-state index in [2.05, 4.69) is 0 Å². The van der Waals surface area contributed by atoms with E-state index in [0.29, 0.717) is 17.1 Å². The maximum atomic E-state index is 13.4. The summed E-state index contributed by atoms with van der Waals surface area (Å²) in [6, 6.07) is 6.49. The Morgan fingerprint density at radius 2 is 2.20 bits per heavy atom. The molecule has 0 aliphatic carbocycles. The van der Waals surface area contributed by atoms with Gasteiger partial charge in [-0.1, -0.05) is 12.1 Å². The topological polar surface area (TPSA) is 49.8 Å². The SMILES string of the molecule is COCC(O)CN(C)C(=O)CCSc1ccccc1F. The number of ether oxygens (including phenoxy) is 1. The number of thioether (sulfide) groups is 1. The van der Waals surface area contributed by atoms with E-state index in [0.717, 1.165) is 0 Å². The minimum atomic E-state index is -0.687. The van der Waals surface area contributed by atoms with Gasteiger partial charge in [0, 0.05) is 37.8 Å². The van der Waals surface area contributed by atoms with Gasteiger partial charge in [-0.2, -0.15) is 0 Å². The first-order chi connectivity index (χ1) is 9.54. The van der Waals surface area contributed by atoms with Crippen molar-refractivity contribution in [2.24, 2.45) is 0 Å². The van der Waals surface area contributed by atoms with Gasteiger partial charge in [0.05, 0.1) is 12.7 Å². The monoisotopic (exact) mass is 301 g/mol. The van der Waals surface area contributed by atoms with Gasteiger partial charge >= 0.3 is 0 Å². The summed E-state index contributed by atoms with van der Waals surface area (Å²) in [6.07, 6.45) is -0.386. The van der Waals surface area contributed by atoms with Gasteiger partial charge in [0.1, 0.15) is 5.82 Å². The van der Waals surface area contributed by atoms with Crippen molar-refractivity contribution in [1.82, 2.24) is 4.90 Å². The highest BCUT2D eigenvalue weighted by Gasteiger charge is 2.13. The molecule has 6 heteroatoms. The van der Waals surface area contributed by atoms with Gasteiger partial charge in [-0.15, -0.1) is 11.8 Å². The van der Waals surface area contributed by atoms with Crippen LogP contribution in [-0.4, -0.2) is 55.1 Å². The van der Waals surface area contributed by atoms with Crippen LogP contribution in [0.1, 0.15) is 6.42 Å². The Kier molecular flexibility index (Phi) is 7.58. The van der Waals surface area contributed by atoms with Crippen molar-refractivity contribution < 1.29 is 19.0 Å². The second kappa shape index (κ2) is 8.94. The van der Waals surface area contributed by atoms with Crippen LogP contribution in [0.2, 0.25) is 0 Å².